The number of hydrogen-bond donors (Lipinski definition) is 2. The second-order valence-electron chi connectivity index (χ2n) is 4.66. The normalized spacial score (nSPS) is 18.6. The van der Waals surface area contributed by atoms with Gasteiger partial charge in [0.05, 0.1) is 11.3 Å². The third-order valence-electron chi connectivity index (χ3n) is 3.36. The van der Waals surface area contributed by atoms with Crippen LogP contribution in [-0.2, 0) is 4.79 Å². The topological polar surface area (TPSA) is 61.4 Å². The van der Waals surface area contributed by atoms with Crippen LogP contribution in [0.5, 0.6) is 0 Å². The van der Waals surface area contributed by atoms with E-state index in [0.717, 1.165) is 0 Å². The van der Waals surface area contributed by atoms with Crippen LogP contribution in [0.3, 0.4) is 0 Å². The van der Waals surface area contributed by atoms with Crippen LogP contribution >= 0.6 is 0 Å². The lowest BCUT2D eigenvalue weighted by Gasteiger charge is -2.33. The third-order valence-corrected chi connectivity index (χ3v) is 3.36. The van der Waals surface area contributed by atoms with Crippen molar-refractivity contribution in [2.75, 3.05) is 25.0 Å². The van der Waals surface area contributed by atoms with Crippen molar-refractivity contribution in [2.24, 2.45) is 0 Å². The van der Waals surface area contributed by atoms with Gasteiger partial charge in [-0.15, -0.1) is 0 Å². The Bertz CT molecular complexity index is 533. The summed E-state index contributed by atoms with van der Waals surface area (Å²) in [5.74, 6) is -0.986. The van der Waals surface area contributed by atoms with Gasteiger partial charge < -0.3 is 15.5 Å². The Morgan fingerprint density at radius 2 is 2.30 bits per heavy atom. The lowest BCUT2D eigenvalue weighted by Crippen LogP contribution is -2.55. The highest BCUT2D eigenvalue weighted by molar-refractivity contribution is 6.02. The van der Waals surface area contributed by atoms with Crippen molar-refractivity contribution < 1.29 is 14.0 Å². The van der Waals surface area contributed by atoms with Crippen molar-refractivity contribution >= 4 is 17.5 Å². The molecular weight excluding hydrogens is 261 g/mol. The van der Waals surface area contributed by atoms with E-state index in [0.29, 0.717) is 19.6 Å². The summed E-state index contributed by atoms with van der Waals surface area (Å²) in [7, 11) is 0. The Kier molecular flexibility index (Phi) is 4.22. The van der Waals surface area contributed by atoms with E-state index in [2.05, 4.69) is 10.6 Å². The smallest absolute Gasteiger partial charge is 0.256 e. The van der Waals surface area contributed by atoms with Gasteiger partial charge in [-0.3, -0.25) is 9.59 Å². The van der Waals surface area contributed by atoms with Crippen LogP contribution in [0.1, 0.15) is 24.2 Å². The first-order valence-electron chi connectivity index (χ1n) is 6.67. The summed E-state index contributed by atoms with van der Waals surface area (Å²) in [4.78, 5) is 25.6. The van der Waals surface area contributed by atoms with Crippen molar-refractivity contribution in [3.05, 3.63) is 29.6 Å². The molecule has 0 saturated carbocycles. The van der Waals surface area contributed by atoms with Gasteiger partial charge in [0.15, 0.2) is 0 Å². The standard InChI is InChI=1S/C14H18FN3O2/c1-3-16-12-10(5-4-6-11(12)15)14(20)18-8-7-17-13(19)9(18)2/h4-6,9,16H,3,7-8H2,1-2H3,(H,17,19). The van der Waals surface area contributed by atoms with Crippen LogP contribution in [0.25, 0.3) is 0 Å². The number of amides is 2. The lowest BCUT2D eigenvalue weighted by atomic mass is 10.1. The minimum absolute atomic E-state index is 0.189. The summed E-state index contributed by atoms with van der Waals surface area (Å²) >= 11 is 0. The van der Waals surface area contributed by atoms with Gasteiger partial charge in [-0.1, -0.05) is 6.07 Å². The molecule has 1 heterocycles. The highest BCUT2D eigenvalue weighted by atomic mass is 19.1. The number of piperazine rings is 1. The van der Waals surface area contributed by atoms with Gasteiger partial charge in [-0.2, -0.15) is 0 Å². The predicted molar refractivity (Wildman–Crippen MR) is 74.1 cm³/mol. The van der Waals surface area contributed by atoms with Crippen molar-refractivity contribution in [1.29, 1.82) is 0 Å². The SMILES string of the molecule is CCNc1c(F)cccc1C(=O)N1CCNC(=O)C1C. The van der Waals surface area contributed by atoms with Crippen LogP contribution in [0.4, 0.5) is 10.1 Å². The van der Waals surface area contributed by atoms with Crippen LogP contribution < -0.4 is 10.6 Å². The number of benzene rings is 1. The monoisotopic (exact) mass is 279 g/mol. The molecule has 0 bridgehead atoms. The molecule has 6 heteroatoms. The molecule has 0 aliphatic carbocycles. The number of rotatable bonds is 3. The molecule has 108 valence electrons. The van der Waals surface area contributed by atoms with Gasteiger partial charge in [0.2, 0.25) is 5.91 Å². The zero-order valence-electron chi connectivity index (χ0n) is 11.6. The molecule has 1 aliphatic rings. The predicted octanol–water partition coefficient (Wildman–Crippen LogP) is 1.22. The number of halogens is 1. The molecule has 2 rings (SSSR count). The van der Waals surface area contributed by atoms with Crippen LogP contribution in [0.15, 0.2) is 18.2 Å². The molecule has 0 spiro atoms. The second kappa shape index (κ2) is 5.90. The van der Waals surface area contributed by atoms with E-state index < -0.39 is 11.9 Å². The summed E-state index contributed by atoms with van der Waals surface area (Å²) < 4.78 is 13.8. The summed E-state index contributed by atoms with van der Waals surface area (Å²) in [5, 5.41) is 5.56. The maximum atomic E-state index is 13.8. The maximum absolute atomic E-state index is 13.8. The summed E-state index contributed by atoms with van der Waals surface area (Å²) in [6.07, 6.45) is 0. The van der Waals surface area contributed by atoms with E-state index in [-0.39, 0.29) is 23.1 Å². The zero-order valence-corrected chi connectivity index (χ0v) is 11.6. The minimum Gasteiger partial charge on any atom is -0.382 e. The molecule has 1 fully saturated rings. The molecule has 1 atom stereocenters. The quantitative estimate of drug-likeness (QED) is 0.874. The Morgan fingerprint density at radius 1 is 1.55 bits per heavy atom. The van der Waals surface area contributed by atoms with Gasteiger partial charge in [0, 0.05) is 19.6 Å². The molecule has 1 aliphatic heterocycles. The number of hydrogen-bond acceptors (Lipinski definition) is 3. The largest absolute Gasteiger partial charge is 0.382 e. The highest BCUT2D eigenvalue weighted by Gasteiger charge is 2.31. The minimum atomic E-state index is -0.547. The van der Waals surface area contributed by atoms with E-state index in [9.17, 15) is 14.0 Å². The lowest BCUT2D eigenvalue weighted by molar-refractivity contribution is -0.127. The van der Waals surface area contributed by atoms with Gasteiger partial charge in [-0.05, 0) is 26.0 Å². The van der Waals surface area contributed by atoms with E-state index in [1.807, 2.05) is 6.92 Å². The number of carbonyl (C=O) groups excluding carboxylic acids is 2. The summed E-state index contributed by atoms with van der Waals surface area (Å²) in [6, 6.07) is 3.83. The Balaban J connectivity index is 2.33. The van der Waals surface area contributed by atoms with Gasteiger partial charge in [0.25, 0.3) is 5.91 Å². The second-order valence-corrected chi connectivity index (χ2v) is 4.66. The van der Waals surface area contributed by atoms with Crippen molar-refractivity contribution in [2.45, 2.75) is 19.9 Å². The average molecular weight is 279 g/mol. The van der Waals surface area contributed by atoms with E-state index in [1.54, 1.807) is 13.0 Å². The van der Waals surface area contributed by atoms with E-state index >= 15 is 0 Å². The summed E-state index contributed by atoms with van der Waals surface area (Å²) in [6.45, 7) is 4.85. The number of carbonyl (C=O) groups is 2. The number of para-hydroxylation sites is 1. The Labute approximate surface area is 117 Å². The number of nitrogens with one attached hydrogen (secondary N) is 2. The first kappa shape index (κ1) is 14.3. The molecule has 2 N–H and O–H groups in total. The molecule has 1 saturated heterocycles. The van der Waals surface area contributed by atoms with Crippen LogP contribution in [0.2, 0.25) is 0 Å². The fourth-order valence-electron chi connectivity index (χ4n) is 2.27. The Morgan fingerprint density at radius 3 is 3.00 bits per heavy atom. The van der Waals surface area contributed by atoms with E-state index in [1.165, 1.54) is 17.0 Å². The van der Waals surface area contributed by atoms with Crippen molar-refractivity contribution in [1.82, 2.24) is 10.2 Å². The first-order valence-corrected chi connectivity index (χ1v) is 6.67. The molecule has 5 nitrogen and oxygen atoms in total. The Hall–Kier alpha value is -2.11. The van der Waals surface area contributed by atoms with Crippen LogP contribution in [-0.4, -0.2) is 42.4 Å². The van der Waals surface area contributed by atoms with Crippen molar-refractivity contribution in [3.8, 4) is 0 Å². The van der Waals surface area contributed by atoms with Gasteiger partial charge >= 0.3 is 0 Å². The van der Waals surface area contributed by atoms with E-state index in [4.69, 9.17) is 0 Å². The summed E-state index contributed by atoms with van der Waals surface area (Å²) in [5.41, 5.74) is 0.451. The van der Waals surface area contributed by atoms with Gasteiger partial charge in [0.1, 0.15) is 11.9 Å². The maximum Gasteiger partial charge on any atom is 0.256 e. The molecule has 0 radical (unpaired) electrons. The van der Waals surface area contributed by atoms with Crippen LogP contribution in [0, 0.1) is 5.82 Å². The average Bonchev–Trinajstić information content (AvgIpc) is 2.43. The van der Waals surface area contributed by atoms with Gasteiger partial charge in [-0.25, -0.2) is 4.39 Å². The zero-order chi connectivity index (χ0) is 14.7. The molecule has 1 aromatic rings. The molecule has 0 aromatic heterocycles. The number of nitrogens with zero attached hydrogens (tertiary/aromatic N) is 1. The first-order chi connectivity index (χ1) is 9.56. The third kappa shape index (κ3) is 2.59. The highest BCUT2D eigenvalue weighted by Crippen LogP contribution is 2.22. The molecular formula is C14H18FN3O2. The fraction of sp³-hybridized carbons (Fsp3) is 0.429. The molecule has 1 aromatic carbocycles. The number of anilines is 1. The molecule has 2 amide bonds. The fourth-order valence-corrected chi connectivity index (χ4v) is 2.27. The molecule has 1 unspecified atom stereocenters. The van der Waals surface area contributed by atoms with Crippen molar-refractivity contribution in [3.63, 3.8) is 0 Å². The molecule has 20 heavy (non-hydrogen) atoms.